The number of benzene rings is 1. The van der Waals surface area contributed by atoms with Gasteiger partial charge >= 0.3 is 0 Å². The molecule has 1 aliphatic carbocycles. The van der Waals surface area contributed by atoms with E-state index >= 15 is 0 Å². The van der Waals surface area contributed by atoms with E-state index in [4.69, 9.17) is 16.6 Å². The van der Waals surface area contributed by atoms with Crippen molar-refractivity contribution in [3.05, 3.63) is 28.5 Å². The number of hydrogen-bond donors (Lipinski definition) is 0. The van der Waals surface area contributed by atoms with Crippen LogP contribution in [0.25, 0.3) is 11.0 Å². The van der Waals surface area contributed by atoms with Crippen molar-refractivity contribution < 1.29 is 0 Å². The predicted molar refractivity (Wildman–Crippen MR) is 96.5 cm³/mol. The van der Waals surface area contributed by atoms with Crippen LogP contribution in [0.4, 0.5) is 0 Å². The molecular weight excluding hydrogens is 368 g/mol. The van der Waals surface area contributed by atoms with Crippen LogP contribution in [0, 0.1) is 0 Å². The van der Waals surface area contributed by atoms with Crippen LogP contribution in [0.5, 0.6) is 0 Å². The van der Waals surface area contributed by atoms with Crippen LogP contribution in [-0.2, 0) is 0 Å². The fourth-order valence-corrected chi connectivity index (χ4v) is 4.54. The van der Waals surface area contributed by atoms with Crippen molar-refractivity contribution in [3.8, 4) is 0 Å². The summed E-state index contributed by atoms with van der Waals surface area (Å²) in [5.41, 5.74) is 2.26. The van der Waals surface area contributed by atoms with Gasteiger partial charge in [0, 0.05) is 15.8 Å². The molecule has 0 bridgehead atoms. The average molecular weight is 388 g/mol. The quantitative estimate of drug-likeness (QED) is 0.606. The summed E-state index contributed by atoms with van der Waals surface area (Å²) >= 11 is 11.9. The lowest BCUT2D eigenvalue weighted by molar-refractivity contribution is 0.359. The van der Waals surface area contributed by atoms with Crippen LogP contribution in [0.15, 0.2) is 22.7 Å². The first-order valence-corrected chi connectivity index (χ1v) is 9.96. The molecule has 1 atom stereocenters. The summed E-state index contributed by atoms with van der Waals surface area (Å²) in [6, 6.07) is 6.88. The minimum atomic E-state index is -0.0607. The highest BCUT2D eigenvalue weighted by atomic mass is 79.9. The Kier molecular flexibility index (Phi) is 4.87. The Hall–Kier alpha value is -0.190. The molecule has 0 amide bonds. The van der Waals surface area contributed by atoms with Gasteiger partial charge in [-0.3, -0.25) is 0 Å². The first kappa shape index (κ1) is 15.7. The molecule has 1 aromatic carbocycles. The topological polar surface area (TPSA) is 17.8 Å². The van der Waals surface area contributed by atoms with Gasteiger partial charge in [0.1, 0.15) is 5.82 Å². The molecule has 114 valence electrons. The highest BCUT2D eigenvalue weighted by Crippen LogP contribution is 2.38. The Labute approximate surface area is 143 Å². The maximum atomic E-state index is 6.40. The molecule has 2 nitrogen and oxygen atoms in total. The van der Waals surface area contributed by atoms with E-state index in [1.165, 1.54) is 31.2 Å². The van der Waals surface area contributed by atoms with Gasteiger partial charge in [0.05, 0.1) is 16.4 Å². The van der Waals surface area contributed by atoms with Crippen molar-refractivity contribution in [2.45, 2.75) is 49.3 Å². The molecule has 1 aliphatic rings. The number of rotatable bonds is 3. The summed E-state index contributed by atoms with van der Waals surface area (Å²) in [6.45, 7) is 2.02. The molecular formula is C16H20BrClN2S. The number of thioether (sulfide) groups is 1. The molecule has 0 spiro atoms. The molecule has 1 heterocycles. The molecule has 1 aromatic heterocycles. The Morgan fingerprint density at radius 3 is 2.67 bits per heavy atom. The maximum absolute atomic E-state index is 6.40. The van der Waals surface area contributed by atoms with Crippen LogP contribution < -0.4 is 0 Å². The summed E-state index contributed by atoms with van der Waals surface area (Å²) in [5, 5.41) is 0.761. The minimum absolute atomic E-state index is 0.0607. The van der Waals surface area contributed by atoms with Gasteiger partial charge in [-0.05, 0) is 57.1 Å². The lowest BCUT2D eigenvalue weighted by Crippen LogP contribution is -2.21. The standard InChI is InChI=1S/C16H20BrClN2S/c1-10(18)16-19-14-9-11(17)3-8-15(14)20(16)12-4-6-13(21-2)7-5-12/h3,8-10,12-13H,4-7H2,1-2H3. The zero-order valence-electron chi connectivity index (χ0n) is 12.4. The van der Waals surface area contributed by atoms with E-state index in [9.17, 15) is 0 Å². The monoisotopic (exact) mass is 386 g/mol. The number of fused-ring (bicyclic) bond motifs is 1. The van der Waals surface area contributed by atoms with Gasteiger partial charge in [-0.2, -0.15) is 11.8 Å². The predicted octanol–water partition coefficient (Wildman–Crippen LogP) is 5.95. The number of nitrogens with zero attached hydrogens (tertiary/aromatic N) is 2. The molecule has 1 fully saturated rings. The van der Waals surface area contributed by atoms with Gasteiger partial charge < -0.3 is 4.57 Å². The molecule has 3 rings (SSSR count). The summed E-state index contributed by atoms with van der Waals surface area (Å²) in [4.78, 5) is 4.78. The Balaban J connectivity index is 2.02. The molecule has 0 N–H and O–H groups in total. The summed E-state index contributed by atoms with van der Waals surface area (Å²) < 4.78 is 3.47. The van der Waals surface area contributed by atoms with Crippen LogP contribution in [0.1, 0.15) is 49.9 Å². The zero-order valence-corrected chi connectivity index (χ0v) is 15.5. The second kappa shape index (κ2) is 6.51. The van der Waals surface area contributed by atoms with E-state index in [0.29, 0.717) is 6.04 Å². The zero-order chi connectivity index (χ0) is 15.0. The first-order chi connectivity index (χ1) is 10.1. The van der Waals surface area contributed by atoms with Gasteiger partial charge in [0.25, 0.3) is 0 Å². The first-order valence-electron chi connectivity index (χ1n) is 7.44. The molecule has 0 saturated heterocycles. The van der Waals surface area contributed by atoms with Gasteiger partial charge in [-0.15, -0.1) is 11.6 Å². The third-order valence-electron chi connectivity index (χ3n) is 4.38. The van der Waals surface area contributed by atoms with Crippen molar-refractivity contribution in [1.82, 2.24) is 9.55 Å². The molecule has 2 aromatic rings. The highest BCUT2D eigenvalue weighted by Gasteiger charge is 2.26. The second-order valence-corrected chi connectivity index (χ2v) is 8.46. The molecule has 5 heteroatoms. The lowest BCUT2D eigenvalue weighted by Gasteiger charge is -2.30. The van der Waals surface area contributed by atoms with Crippen molar-refractivity contribution in [2.24, 2.45) is 0 Å². The van der Waals surface area contributed by atoms with Crippen molar-refractivity contribution in [2.75, 3.05) is 6.26 Å². The SMILES string of the molecule is CSC1CCC(n2c(C(C)Cl)nc3cc(Br)ccc32)CC1. The second-order valence-electron chi connectivity index (χ2n) is 5.76. The molecule has 0 radical (unpaired) electrons. The molecule has 1 saturated carbocycles. The molecule has 1 unspecified atom stereocenters. The fourth-order valence-electron chi connectivity index (χ4n) is 3.29. The molecule has 21 heavy (non-hydrogen) atoms. The normalized spacial score (nSPS) is 24.4. The summed E-state index contributed by atoms with van der Waals surface area (Å²) in [6.07, 6.45) is 7.25. The average Bonchev–Trinajstić information content (AvgIpc) is 2.86. The maximum Gasteiger partial charge on any atom is 0.127 e. The van der Waals surface area contributed by atoms with Gasteiger partial charge in [-0.25, -0.2) is 4.98 Å². The van der Waals surface area contributed by atoms with E-state index in [1.54, 1.807) is 0 Å². The van der Waals surface area contributed by atoms with Gasteiger partial charge in [0.15, 0.2) is 0 Å². The Morgan fingerprint density at radius 1 is 1.33 bits per heavy atom. The van der Waals surface area contributed by atoms with Crippen LogP contribution in [0.2, 0.25) is 0 Å². The van der Waals surface area contributed by atoms with E-state index in [0.717, 1.165) is 21.1 Å². The Morgan fingerprint density at radius 2 is 2.05 bits per heavy atom. The van der Waals surface area contributed by atoms with Crippen LogP contribution in [-0.4, -0.2) is 21.1 Å². The van der Waals surface area contributed by atoms with Gasteiger partial charge in [-0.1, -0.05) is 15.9 Å². The largest absolute Gasteiger partial charge is 0.324 e. The van der Waals surface area contributed by atoms with Crippen LogP contribution >= 0.6 is 39.3 Å². The van der Waals surface area contributed by atoms with Crippen molar-refractivity contribution in [3.63, 3.8) is 0 Å². The fraction of sp³-hybridized carbons (Fsp3) is 0.562. The van der Waals surface area contributed by atoms with E-state index < -0.39 is 0 Å². The minimum Gasteiger partial charge on any atom is -0.324 e. The lowest BCUT2D eigenvalue weighted by atomic mass is 9.94. The number of aromatic nitrogens is 2. The smallest absolute Gasteiger partial charge is 0.127 e. The van der Waals surface area contributed by atoms with Crippen LogP contribution in [0.3, 0.4) is 0 Å². The molecule has 0 aliphatic heterocycles. The van der Waals surface area contributed by atoms with E-state index in [1.807, 2.05) is 18.7 Å². The summed E-state index contributed by atoms with van der Waals surface area (Å²) in [7, 11) is 0. The van der Waals surface area contributed by atoms with E-state index in [2.05, 4.69) is 45.0 Å². The van der Waals surface area contributed by atoms with Gasteiger partial charge in [0.2, 0.25) is 0 Å². The number of alkyl halides is 1. The van der Waals surface area contributed by atoms with Crippen molar-refractivity contribution in [1.29, 1.82) is 0 Å². The van der Waals surface area contributed by atoms with E-state index in [-0.39, 0.29) is 5.38 Å². The Bertz CT molecular complexity index is 632. The number of halogens is 2. The third-order valence-corrected chi connectivity index (χ3v) is 6.20. The van der Waals surface area contributed by atoms with Crippen molar-refractivity contribution >= 4 is 50.3 Å². The highest BCUT2D eigenvalue weighted by molar-refractivity contribution is 9.10. The number of hydrogen-bond acceptors (Lipinski definition) is 2. The number of imidazole rings is 1. The summed E-state index contributed by atoms with van der Waals surface area (Å²) in [5.74, 6) is 1.01. The third kappa shape index (κ3) is 3.13.